The normalized spacial score (nSPS) is 13.4. The van der Waals surface area contributed by atoms with Gasteiger partial charge in [0.2, 0.25) is 0 Å². The molecule has 0 aliphatic rings. The minimum Gasteiger partial charge on any atom is -0.243 e. The third-order valence-electron chi connectivity index (χ3n) is 2.68. The summed E-state index contributed by atoms with van der Waals surface area (Å²) in [5.74, 6) is 0.465. The summed E-state index contributed by atoms with van der Waals surface area (Å²) in [5, 5.41) is 0. The second-order valence-electron chi connectivity index (χ2n) is 4.34. The molecule has 0 amide bonds. The van der Waals surface area contributed by atoms with Crippen molar-refractivity contribution < 1.29 is 4.39 Å². The molecule has 0 aliphatic heterocycles. The molecule has 0 saturated carbocycles. The van der Waals surface area contributed by atoms with Crippen LogP contribution in [-0.2, 0) is 0 Å². The Morgan fingerprint density at radius 1 is 1.00 bits per heavy atom. The first-order valence-electron chi connectivity index (χ1n) is 5.18. The summed E-state index contributed by atoms with van der Waals surface area (Å²) < 4.78 is 13.3. The molecular formula is C13H19F. The summed E-state index contributed by atoms with van der Waals surface area (Å²) in [6.45, 7) is 9.94. The van der Waals surface area contributed by atoms with Gasteiger partial charge in [0.25, 0.3) is 0 Å². The lowest BCUT2D eigenvalue weighted by molar-refractivity contribution is 0.372. The van der Waals surface area contributed by atoms with Gasteiger partial charge in [-0.1, -0.05) is 31.5 Å². The molecule has 1 unspecified atom stereocenters. The average Bonchev–Trinajstić information content (AvgIpc) is 2.07. The first-order chi connectivity index (χ1) is 6.43. The molecule has 0 spiro atoms. The second-order valence-corrected chi connectivity index (χ2v) is 4.34. The molecule has 14 heavy (non-hydrogen) atoms. The van der Waals surface area contributed by atoms with Crippen molar-refractivity contribution in [2.45, 2.75) is 46.7 Å². The SMILES string of the molecule is Cc1cc(C(C)C)c(C)c(C(C)F)c1. The van der Waals surface area contributed by atoms with E-state index < -0.39 is 6.17 Å². The van der Waals surface area contributed by atoms with Gasteiger partial charge < -0.3 is 0 Å². The number of benzene rings is 1. The van der Waals surface area contributed by atoms with Gasteiger partial charge in [0, 0.05) is 0 Å². The quantitative estimate of drug-likeness (QED) is 0.652. The predicted molar refractivity (Wildman–Crippen MR) is 59.5 cm³/mol. The van der Waals surface area contributed by atoms with E-state index in [2.05, 4.69) is 19.9 Å². The first kappa shape index (κ1) is 11.2. The summed E-state index contributed by atoms with van der Waals surface area (Å²) in [4.78, 5) is 0. The maximum absolute atomic E-state index is 13.3. The molecule has 0 fully saturated rings. The second kappa shape index (κ2) is 4.12. The van der Waals surface area contributed by atoms with Crippen molar-refractivity contribution in [1.82, 2.24) is 0 Å². The van der Waals surface area contributed by atoms with E-state index in [1.807, 2.05) is 19.9 Å². The Morgan fingerprint density at radius 2 is 1.50 bits per heavy atom. The van der Waals surface area contributed by atoms with Crippen LogP contribution in [0.4, 0.5) is 4.39 Å². The Hall–Kier alpha value is -0.850. The van der Waals surface area contributed by atoms with Crippen LogP contribution in [0.3, 0.4) is 0 Å². The highest BCUT2D eigenvalue weighted by molar-refractivity contribution is 5.40. The molecule has 0 N–H and O–H groups in total. The Kier molecular flexibility index (Phi) is 3.30. The summed E-state index contributed by atoms with van der Waals surface area (Å²) >= 11 is 0. The zero-order valence-corrected chi connectivity index (χ0v) is 9.69. The lowest BCUT2D eigenvalue weighted by atomic mass is 9.91. The van der Waals surface area contributed by atoms with E-state index in [4.69, 9.17) is 0 Å². The van der Waals surface area contributed by atoms with Gasteiger partial charge in [0.05, 0.1) is 0 Å². The summed E-state index contributed by atoms with van der Waals surface area (Å²) in [7, 11) is 0. The molecule has 78 valence electrons. The standard InChI is InChI=1S/C13H19F/c1-8(2)12-6-9(3)7-13(10(12)4)11(5)14/h6-8,11H,1-5H3. The highest BCUT2D eigenvalue weighted by atomic mass is 19.1. The van der Waals surface area contributed by atoms with E-state index in [1.54, 1.807) is 6.92 Å². The Labute approximate surface area is 86.2 Å². The molecular weight excluding hydrogens is 175 g/mol. The van der Waals surface area contributed by atoms with Gasteiger partial charge in [-0.05, 0) is 43.4 Å². The van der Waals surface area contributed by atoms with Gasteiger partial charge in [0.1, 0.15) is 6.17 Å². The predicted octanol–water partition coefficient (Wildman–Crippen LogP) is 4.46. The Balaban J connectivity index is 3.32. The lowest BCUT2D eigenvalue weighted by Crippen LogP contribution is -1.99. The van der Waals surface area contributed by atoms with E-state index in [-0.39, 0.29) is 0 Å². The first-order valence-corrected chi connectivity index (χ1v) is 5.18. The molecule has 0 nitrogen and oxygen atoms in total. The third kappa shape index (κ3) is 2.14. The van der Waals surface area contributed by atoms with E-state index in [1.165, 1.54) is 5.56 Å². The van der Waals surface area contributed by atoms with Crippen molar-refractivity contribution >= 4 is 0 Å². The minimum absolute atomic E-state index is 0.465. The molecule has 0 aromatic heterocycles. The maximum Gasteiger partial charge on any atom is 0.123 e. The number of aryl methyl sites for hydroxylation is 1. The highest BCUT2D eigenvalue weighted by Gasteiger charge is 2.12. The molecule has 0 bridgehead atoms. The van der Waals surface area contributed by atoms with Crippen molar-refractivity contribution in [2.75, 3.05) is 0 Å². The van der Waals surface area contributed by atoms with Crippen LogP contribution in [0.15, 0.2) is 12.1 Å². The Morgan fingerprint density at radius 3 is 1.93 bits per heavy atom. The highest BCUT2D eigenvalue weighted by Crippen LogP contribution is 2.29. The fraction of sp³-hybridized carbons (Fsp3) is 0.538. The maximum atomic E-state index is 13.3. The van der Waals surface area contributed by atoms with E-state index in [0.717, 1.165) is 16.7 Å². The van der Waals surface area contributed by atoms with E-state index >= 15 is 0 Å². The average molecular weight is 194 g/mol. The zero-order chi connectivity index (χ0) is 10.9. The van der Waals surface area contributed by atoms with Gasteiger partial charge in [-0.15, -0.1) is 0 Å². The largest absolute Gasteiger partial charge is 0.243 e. The van der Waals surface area contributed by atoms with Crippen LogP contribution in [0.25, 0.3) is 0 Å². The topological polar surface area (TPSA) is 0 Å². The van der Waals surface area contributed by atoms with Gasteiger partial charge in [-0.2, -0.15) is 0 Å². The van der Waals surface area contributed by atoms with Crippen LogP contribution in [0, 0.1) is 13.8 Å². The number of hydrogen-bond donors (Lipinski definition) is 0. The number of halogens is 1. The van der Waals surface area contributed by atoms with Crippen molar-refractivity contribution in [3.63, 3.8) is 0 Å². The van der Waals surface area contributed by atoms with Crippen LogP contribution in [0.5, 0.6) is 0 Å². The fourth-order valence-electron chi connectivity index (χ4n) is 1.93. The molecule has 1 heteroatoms. The van der Waals surface area contributed by atoms with Crippen LogP contribution in [0.2, 0.25) is 0 Å². The molecule has 0 saturated heterocycles. The molecule has 1 rings (SSSR count). The smallest absolute Gasteiger partial charge is 0.123 e. The number of rotatable bonds is 2. The number of hydrogen-bond acceptors (Lipinski definition) is 0. The molecule has 0 aliphatic carbocycles. The van der Waals surface area contributed by atoms with Crippen LogP contribution < -0.4 is 0 Å². The molecule has 0 heterocycles. The summed E-state index contributed by atoms with van der Waals surface area (Å²) in [6.07, 6.45) is -0.868. The third-order valence-corrected chi connectivity index (χ3v) is 2.68. The van der Waals surface area contributed by atoms with Crippen molar-refractivity contribution in [1.29, 1.82) is 0 Å². The van der Waals surface area contributed by atoms with Crippen LogP contribution in [0.1, 0.15) is 55.1 Å². The molecule has 0 radical (unpaired) electrons. The number of alkyl halides is 1. The van der Waals surface area contributed by atoms with Gasteiger partial charge >= 0.3 is 0 Å². The van der Waals surface area contributed by atoms with Gasteiger partial charge in [0.15, 0.2) is 0 Å². The summed E-state index contributed by atoms with van der Waals surface area (Å²) in [5.41, 5.74) is 4.37. The van der Waals surface area contributed by atoms with E-state index in [0.29, 0.717) is 5.92 Å². The van der Waals surface area contributed by atoms with Crippen molar-refractivity contribution in [3.8, 4) is 0 Å². The molecule has 1 atom stereocenters. The van der Waals surface area contributed by atoms with Crippen LogP contribution >= 0.6 is 0 Å². The van der Waals surface area contributed by atoms with Crippen LogP contribution in [-0.4, -0.2) is 0 Å². The zero-order valence-electron chi connectivity index (χ0n) is 9.69. The van der Waals surface area contributed by atoms with Crippen molar-refractivity contribution in [3.05, 3.63) is 34.4 Å². The summed E-state index contributed by atoms with van der Waals surface area (Å²) in [6, 6.07) is 4.11. The lowest BCUT2D eigenvalue weighted by Gasteiger charge is -2.16. The Bertz CT molecular complexity index is 295. The molecule has 1 aromatic carbocycles. The minimum atomic E-state index is -0.868. The van der Waals surface area contributed by atoms with E-state index in [9.17, 15) is 4.39 Å². The fourth-order valence-corrected chi connectivity index (χ4v) is 1.93. The van der Waals surface area contributed by atoms with Crippen molar-refractivity contribution in [2.24, 2.45) is 0 Å². The van der Waals surface area contributed by atoms with Gasteiger partial charge in [-0.25, -0.2) is 4.39 Å². The van der Waals surface area contributed by atoms with Gasteiger partial charge in [-0.3, -0.25) is 0 Å². The monoisotopic (exact) mass is 194 g/mol. The molecule has 1 aromatic rings.